The molecular formula is C17H18F2N2O5. The summed E-state index contributed by atoms with van der Waals surface area (Å²) in [6.45, 7) is 0.650. The zero-order valence-corrected chi connectivity index (χ0v) is 13.9. The van der Waals surface area contributed by atoms with E-state index in [1.807, 2.05) is 0 Å². The number of ether oxygens (including phenoxy) is 1. The van der Waals surface area contributed by atoms with Crippen LogP contribution in [0.5, 0.6) is 0 Å². The van der Waals surface area contributed by atoms with E-state index in [1.54, 1.807) is 0 Å². The molecule has 9 heteroatoms. The summed E-state index contributed by atoms with van der Waals surface area (Å²) in [6, 6.07) is 3.23. The molecule has 1 N–H and O–H groups in total. The third-order valence-electron chi connectivity index (χ3n) is 4.63. The quantitative estimate of drug-likeness (QED) is 0.856. The van der Waals surface area contributed by atoms with Gasteiger partial charge in [-0.25, -0.2) is 13.6 Å². The maximum absolute atomic E-state index is 13.8. The first-order valence-corrected chi connectivity index (χ1v) is 8.29. The number of amides is 2. The Morgan fingerprint density at radius 2 is 1.50 bits per heavy atom. The second-order valence-electron chi connectivity index (χ2n) is 6.24. The van der Waals surface area contributed by atoms with Crippen LogP contribution in [0.3, 0.4) is 0 Å². The van der Waals surface area contributed by atoms with E-state index in [0.29, 0.717) is 6.42 Å². The molecule has 2 amide bonds. The summed E-state index contributed by atoms with van der Waals surface area (Å²) in [7, 11) is 0. The van der Waals surface area contributed by atoms with Gasteiger partial charge in [0.2, 0.25) is 0 Å². The molecule has 0 aliphatic carbocycles. The summed E-state index contributed by atoms with van der Waals surface area (Å²) in [4.78, 5) is 38.4. The van der Waals surface area contributed by atoms with Gasteiger partial charge in [-0.2, -0.15) is 0 Å². The number of piperazine rings is 1. The van der Waals surface area contributed by atoms with Gasteiger partial charge in [0.05, 0.1) is 0 Å². The molecule has 0 spiro atoms. The van der Waals surface area contributed by atoms with Crippen molar-refractivity contribution in [2.24, 2.45) is 0 Å². The zero-order chi connectivity index (χ0) is 18.8. The van der Waals surface area contributed by atoms with Crippen LogP contribution in [-0.4, -0.2) is 71.1 Å². The summed E-state index contributed by atoms with van der Waals surface area (Å²) in [5, 5.41) is 8.92. The number of carboxylic acids is 1. The third kappa shape index (κ3) is 3.52. The van der Waals surface area contributed by atoms with Crippen LogP contribution < -0.4 is 0 Å². The summed E-state index contributed by atoms with van der Waals surface area (Å²) >= 11 is 0. The van der Waals surface area contributed by atoms with Crippen molar-refractivity contribution in [1.82, 2.24) is 9.80 Å². The molecular weight excluding hydrogens is 350 g/mol. The summed E-state index contributed by atoms with van der Waals surface area (Å²) in [5.41, 5.74) is -0.601. The van der Waals surface area contributed by atoms with E-state index in [2.05, 4.69) is 0 Å². The van der Waals surface area contributed by atoms with Crippen molar-refractivity contribution < 1.29 is 33.0 Å². The van der Waals surface area contributed by atoms with E-state index in [1.165, 1.54) is 15.9 Å². The second kappa shape index (κ2) is 7.36. The van der Waals surface area contributed by atoms with Crippen molar-refractivity contribution in [3.05, 3.63) is 35.4 Å². The van der Waals surface area contributed by atoms with Crippen molar-refractivity contribution >= 4 is 17.8 Å². The van der Waals surface area contributed by atoms with E-state index in [-0.39, 0.29) is 38.5 Å². The molecule has 2 atom stereocenters. The number of rotatable bonds is 3. The van der Waals surface area contributed by atoms with Gasteiger partial charge >= 0.3 is 5.97 Å². The number of carbonyl (C=O) groups excluding carboxylic acids is 2. The number of hydrogen-bond acceptors (Lipinski definition) is 4. The van der Waals surface area contributed by atoms with E-state index in [9.17, 15) is 23.2 Å². The Morgan fingerprint density at radius 1 is 0.962 bits per heavy atom. The Morgan fingerprint density at radius 3 is 2.04 bits per heavy atom. The van der Waals surface area contributed by atoms with Gasteiger partial charge in [-0.05, 0) is 25.0 Å². The predicted molar refractivity (Wildman–Crippen MR) is 84.4 cm³/mol. The number of hydrogen-bond donors (Lipinski definition) is 1. The molecule has 3 rings (SSSR count). The third-order valence-corrected chi connectivity index (χ3v) is 4.63. The van der Waals surface area contributed by atoms with Crippen LogP contribution >= 0.6 is 0 Å². The molecule has 0 aromatic heterocycles. The maximum Gasteiger partial charge on any atom is 0.332 e. The van der Waals surface area contributed by atoms with Gasteiger partial charge in [-0.3, -0.25) is 9.59 Å². The van der Waals surface area contributed by atoms with Gasteiger partial charge in [-0.15, -0.1) is 0 Å². The molecule has 1 aromatic carbocycles. The largest absolute Gasteiger partial charge is 0.479 e. The number of aliphatic carboxylic acids is 1. The van der Waals surface area contributed by atoms with Crippen molar-refractivity contribution in [1.29, 1.82) is 0 Å². The molecule has 2 aliphatic heterocycles. The average Bonchev–Trinajstić information content (AvgIpc) is 3.11. The molecule has 1 aromatic rings. The SMILES string of the molecule is O=C(O)[C@H]1CC[C@@H](C(=O)N2CCN(C(=O)c3c(F)cccc3F)CC2)O1. The Kier molecular flexibility index (Phi) is 5.17. The molecule has 2 saturated heterocycles. The molecule has 7 nitrogen and oxygen atoms in total. The smallest absolute Gasteiger partial charge is 0.332 e. The summed E-state index contributed by atoms with van der Waals surface area (Å²) in [6.07, 6.45) is -1.18. The Balaban J connectivity index is 1.58. The van der Waals surface area contributed by atoms with Crippen molar-refractivity contribution in [2.45, 2.75) is 25.0 Å². The minimum Gasteiger partial charge on any atom is -0.479 e. The predicted octanol–water partition coefficient (Wildman–Crippen LogP) is 0.881. The van der Waals surface area contributed by atoms with Gasteiger partial charge in [0.1, 0.15) is 23.3 Å². The highest BCUT2D eigenvalue weighted by atomic mass is 19.1. The average molecular weight is 368 g/mol. The molecule has 0 radical (unpaired) electrons. The Hall–Kier alpha value is -2.55. The van der Waals surface area contributed by atoms with Crippen LogP contribution in [0.4, 0.5) is 8.78 Å². The van der Waals surface area contributed by atoms with Gasteiger partial charge < -0.3 is 19.6 Å². The van der Waals surface area contributed by atoms with Crippen LogP contribution in [0.25, 0.3) is 0 Å². The molecule has 2 fully saturated rings. The van der Waals surface area contributed by atoms with Crippen LogP contribution in [0.2, 0.25) is 0 Å². The molecule has 0 unspecified atom stereocenters. The highest BCUT2D eigenvalue weighted by Gasteiger charge is 2.38. The fourth-order valence-electron chi connectivity index (χ4n) is 3.19. The van der Waals surface area contributed by atoms with Crippen molar-refractivity contribution in [3.8, 4) is 0 Å². The molecule has 2 aliphatic rings. The number of carboxylic acid groups (broad SMARTS) is 1. The van der Waals surface area contributed by atoms with E-state index in [4.69, 9.17) is 9.84 Å². The number of carbonyl (C=O) groups is 3. The van der Waals surface area contributed by atoms with Gasteiger partial charge in [0, 0.05) is 26.2 Å². The van der Waals surface area contributed by atoms with Gasteiger partial charge in [-0.1, -0.05) is 6.07 Å². The first kappa shape index (κ1) is 18.2. The van der Waals surface area contributed by atoms with Crippen molar-refractivity contribution in [2.75, 3.05) is 26.2 Å². The lowest BCUT2D eigenvalue weighted by Gasteiger charge is -2.35. The highest BCUT2D eigenvalue weighted by Crippen LogP contribution is 2.23. The molecule has 0 bridgehead atoms. The van der Waals surface area contributed by atoms with Crippen LogP contribution in [0, 0.1) is 11.6 Å². The molecule has 0 saturated carbocycles. The minimum atomic E-state index is -1.09. The van der Waals surface area contributed by atoms with Crippen LogP contribution in [-0.2, 0) is 14.3 Å². The first-order chi connectivity index (χ1) is 12.4. The second-order valence-corrected chi connectivity index (χ2v) is 6.24. The minimum absolute atomic E-state index is 0.132. The normalized spacial score (nSPS) is 23.2. The lowest BCUT2D eigenvalue weighted by molar-refractivity contribution is -0.155. The molecule has 26 heavy (non-hydrogen) atoms. The lowest BCUT2D eigenvalue weighted by atomic mass is 10.1. The van der Waals surface area contributed by atoms with E-state index >= 15 is 0 Å². The Labute approximate surface area is 148 Å². The maximum atomic E-state index is 13.8. The van der Waals surface area contributed by atoms with E-state index in [0.717, 1.165) is 12.1 Å². The summed E-state index contributed by atoms with van der Waals surface area (Å²) in [5.74, 6) is -4.02. The summed E-state index contributed by atoms with van der Waals surface area (Å²) < 4.78 is 32.7. The fourth-order valence-corrected chi connectivity index (χ4v) is 3.19. The molecule has 2 heterocycles. The van der Waals surface area contributed by atoms with Gasteiger partial charge in [0.15, 0.2) is 6.10 Å². The van der Waals surface area contributed by atoms with Crippen LogP contribution in [0.1, 0.15) is 23.2 Å². The number of halogens is 2. The Bertz CT molecular complexity index is 714. The number of benzene rings is 1. The van der Waals surface area contributed by atoms with E-state index < -0.39 is 41.3 Å². The lowest BCUT2D eigenvalue weighted by Crippen LogP contribution is -2.53. The number of nitrogens with zero attached hydrogens (tertiary/aromatic N) is 2. The van der Waals surface area contributed by atoms with Crippen LogP contribution in [0.15, 0.2) is 18.2 Å². The monoisotopic (exact) mass is 368 g/mol. The standard InChI is InChI=1S/C17H18F2N2O5/c18-10-2-1-3-11(19)14(10)16(23)21-8-6-20(7-9-21)15(22)12-4-5-13(26-12)17(24)25/h1-3,12-13H,4-9H2,(H,24,25)/t12-,13+/m0/s1. The first-order valence-electron chi connectivity index (χ1n) is 8.29. The highest BCUT2D eigenvalue weighted by molar-refractivity contribution is 5.95. The van der Waals surface area contributed by atoms with Crippen molar-refractivity contribution in [3.63, 3.8) is 0 Å². The van der Waals surface area contributed by atoms with Gasteiger partial charge in [0.25, 0.3) is 11.8 Å². The zero-order valence-electron chi connectivity index (χ0n) is 13.9. The molecule has 140 valence electrons. The fraction of sp³-hybridized carbons (Fsp3) is 0.471. The topological polar surface area (TPSA) is 87.2 Å².